The van der Waals surface area contributed by atoms with Crippen molar-refractivity contribution in [3.8, 4) is 55.6 Å². The van der Waals surface area contributed by atoms with Gasteiger partial charge in [-0.15, -0.1) is 0 Å². The molecule has 16 rings (SSSR count). The Hall–Kier alpha value is -8.32. The molecule has 290 valence electrons. The third-order valence-corrected chi connectivity index (χ3v) is 15.2. The molecule has 15 aromatic rings. The van der Waals surface area contributed by atoms with Gasteiger partial charge in [-0.2, -0.15) is 0 Å². The van der Waals surface area contributed by atoms with Gasteiger partial charge in [-0.25, -0.2) is 0 Å². The van der Waals surface area contributed by atoms with E-state index in [2.05, 4.69) is 206 Å². The summed E-state index contributed by atoms with van der Waals surface area (Å²) in [6, 6.07) is 78.4. The SMILES string of the molecule is c1ccc(-c2ccccc2-c2c3cc4c(cc3c(-c3ccccc3)c3c5ccc6c7ccc8c9c(ccc(c%10ccc(c23)c5c6%10)c97)-c2ccccc2-8)c2cccc3cccc4c32)cc1. The topological polar surface area (TPSA) is 0 Å². The quantitative estimate of drug-likeness (QED) is 0.123. The van der Waals surface area contributed by atoms with E-state index < -0.39 is 0 Å². The maximum Gasteiger partial charge on any atom is -0.000718 e. The van der Waals surface area contributed by atoms with Gasteiger partial charge in [0.25, 0.3) is 0 Å². The molecule has 0 unspecified atom stereocenters. The smallest absolute Gasteiger partial charge is 0.000718 e. The average Bonchev–Trinajstić information content (AvgIpc) is 3.99. The first-order valence-electron chi connectivity index (χ1n) is 22.5. The Morgan fingerprint density at radius 1 is 0.172 bits per heavy atom. The second-order valence-electron chi connectivity index (χ2n) is 18.1. The van der Waals surface area contributed by atoms with E-state index in [0.717, 1.165) is 0 Å². The van der Waals surface area contributed by atoms with Gasteiger partial charge in [0, 0.05) is 0 Å². The second-order valence-corrected chi connectivity index (χ2v) is 18.1. The largest absolute Gasteiger partial charge is 0.0622 e. The summed E-state index contributed by atoms with van der Waals surface area (Å²) in [5, 5.41) is 26.6. The van der Waals surface area contributed by atoms with Crippen LogP contribution in [0.2, 0.25) is 0 Å². The highest BCUT2D eigenvalue weighted by molar-refractivity contribution is 6.47. The lowest BCUT2D eigenvalue weighted by molar-refractivity contribution is 1.61. The second kappa shape index (κ2) is 11.8. The maximum atomic E-state index is 2.55. The van der Waals surface area contributed by atoms with Gasteiger partial charge in [0.05, 0.1) is 0 Å². The zero-order chi connectivity index (χ0) is 41.4. The summed E-state index contributed by atoms with van der Waals surface area (Å²) in [5.41, 5.74) is 13.0. The molecule has 0 radical (unpaired) electrons. The van der Waals surface area contributed by atoms with Gasteiger partial charge in [-0.3, -0.25) is 0 Å². The van der Waals surface area contributed by atoms with E-state index in [1.54, 1.807) is 0 Å². The van der Waals surface area contributed by atoms with Crippen LogP contribution in [0, 0.1) is 0 Å². The van der Waals surface area contributed by atoms with E-state index in [0.29, 0.717) is 0 Å². The summed E-state index contributed by atoms with van der Waals surface area (Å²) in [6.45, 7) is 0. The van der Waals surface area contributed by atoms with Crippen LogP contribution in [0.1, 0.15) is 0 Å². The highest BCUT2D eigenvalue weighted by atomic mass is 14.3. The van der Waals surface area contributed by atoms with E-state index in [-0.39, 0.29) is 0 Å². The molecule has 0 nitrogen and oxygen atoms in total. The number of fused-ring (bicyclic) bond motifs is 12. The number of hydrogen-bond acceptors (Lipinski definition) is 0. The van der Waals surface area contributed by atoms with Crippen LogP contribution in [-0.4, -0.2) is 0 Å². The molecular formula is C64H34. The molecule has 0 amide bonds. The summed E-state index contributed by atoms with van der Waals surface area (Å²) < 4.78 is 0. The Labute approximate surface area is 367 Å². The lowest BCUT2D eigenvalue weighted by atomic mass is 9.83. The molecule has 0 N–H and O–H groups in total. The van der Waals surface area contributed by atoms with Gasteiger partial charge in [0.1, 0.15) is 0 Å². The zero-order valence-electron chi connectivity index (χ0n) is 34.6. The monoisotopic (exact) mass is 802 g/mol. The van der Waals surface area contributed by atoms with Crippen molar-refractivity contribution < 1.29 is 0 Å². The molecule has 0 atom stereocenters. The predicted octanol–water partition coefficient (Wildman–Crippen LogP) is 18.2. The number of rotatable bonds is 3. The third kappa shape index (κ3) is 3.97. The van der Waals surface area contributed by atoms with Gasteiger partial charge in [-0.1, -0.05) is 194 Å². The van der Waals surface area contributed by atoms with E-state index in [1.807, 2.05) is 0 Å². The zero-order valence-corrected chi connectivity index (χ0v) is 34.6. The maximum absolute atomic E-state index is 2.55. The summed E-state index contributed by atoms with van der Waals surface area (Å²) in [7, 11) is 0. The van der Waals surface area contributed by atoms with Crippen molar-refractivity contribution in [1.82, 2.24) is 0 Å². The molecule has 1 aliphatic carbocycles. The van der Waals surface area contributed by atoms with Crippen molar-refractivity contribution in [1.29, 1.82) is 0 Å². The Bertz CT molecular complexity index is 4410. The summed E-state index contributed by atoms with van der Waals surface area (Å²) in [5.74, 6) is 0. The van der Waals surface area contributed by atoms with Crippen molar-refractivity contribution in [2.24, 2.45) is 0 Å². The van der Waals surface area contributed by atoms with Crippen LogP contribution in [0.4, 0.5) is 0 Å². The van der Waals surface area contributed by atoms with Gasteiger partial charge in [-0.05, 0) is 175 Å². The summed E-state index contributed by atoms with van der Waals surface area (Å²) >= 11 is 0. The molecule has 0 fully saturated rings. The van der Waals surface area contributed by atoms with Crippen molar-refractivity contribution in [2.75, 3.05) is 0 Å². The minimum absolute atomic E-state index is 1.22. The molecule has 0 heterocycles. The van der Waals surface area contributed by atoms with Crippen LogP contribution < -0.4 is 0 Å². The molecule has 15 aromatic carbocycles. The Kier molecular flexibility index (Phi) is 6.13. The molecule has 0 saturated heterocycles. The molecule has 0 aliphatic heterocycles. The minimum Gasteiger partial charge on any atom is -0.0622 e. The standard InChI is InChI=1S/C64H34/c1-3-13-35(14-4-1)38-19-7-10-22-41(38)61-55-34-53-43-24-12-18-36-17-11-23-42(56(36)43)52(53)33-54(55)57(37-15-5-2-6-16-37)63-50-31-29-48-46-27-25-44-39-20-8-9-21-40(39)45-26-28-47(59(46)58(44)45)49-30-32-51(64(61)63)62(50)60(48)49/h1-34H. The molecule has 0 aromatic heterocycles. The molecule has 0 saturated carbocycles. The van der Waals surface area contributed by atoms with Crippen LogP contribution in [0.15, 0.2) is 206 Å². The minimum atomic E-state index is 1.22. The molecule has 1 aliphatic rings. The van der Waals surface area contributed by atoms with Crippen LogP contribution in [0.25, 0.3) is 163 Å². The molecule has 0 spiro atoms. The van der Waals surface area contributed by atoms with Crippen LogP contribution in [0.3, 0.4) is 0 Å². The van der Waals surface area contributed by atoms with Crippen molar-refractivity contribution in [2.45, 2.75) is 0 Å². The highest BCUT2D eigenvalue weighted by Gasteiger charge is 2.29. The van der Waals surface area contributed by atoms with Gasteiger partial charge in [0.15, 0.2) is 0 Å². The van der Waals surface area contributed by atoms with Crippen molar-refractivity contribution in [3.05, 3.63) is 206 Å². The summed E-state index contributed by atoms with van der Waals surface area (Å²) in [4.78, 5) is 0. The number of benzene rings is 13. The highest BCUT2D eigenvalue weighted by Crippen LogP contribution is 2.57. The molecule has 0 bridgehead atoms. The Morgan fingerprint density at radius 2 is 0.594 bits per heavy atom. The first kappa shape index (κ1) is 33.3. The fourth-order valence-corrected chi connectivity index (χ4v) is 12.8. The molecular weight excluding hydrogens is 769 g/mol. The fourth-order valence-electron chi connectivity index (χ4n) is 12.8. The van der Waals surface area contributed by atoms with E-state index in [1.165, 1.54) is 163 Å². The van der Waals surface area contributed by atoms with E-state index >= 15 is 0 Å². The van der Waals surface area contributed by atoms with Crippen LogP contribution >= 0.6 is 0 Å². The lowest BCUT2D eigenvalue weighted by Crippen LogP contribution is -1.92. The van der Waals surface area contributed by atoms with Crippen LogP contribution in [0.5, 0.6) is 0 Å². The van der Waals surface area contributed by atoms with Gasteiger partial charge >= 0.3 is 0 Å². The summed E-state index contributed by atoms with van der Waals surface area (Å²) in [6.07, 6.45) is 0. The third-order valence-electron chi connectivity index (χ3n) is 15.2. The Morgan fingerprint density at radius 3 is 1.19 bits per heavy atom. The molecule has 0 heteroatoms. The fraction of sp³-hybridized carbons (Fsp3) is 0. The predicted molar refractivity (Wildman–Crippen MR) is 276 cm³/mol. The van der Waals surface area contributed by atoms with E-state index in [4.69, 9.17) is 0 Å². The first-order valence-corrected chi connectivity index (χ1v) is 22.5. The molecule has 64 heavy (non-hydrogen) atoms. The van der Waals surface area contributed by atoms with Gasteiger partial charge in [0.2, 0.25) is 0 Å². The first-order chi connectivity index (χ1) is 31.8. The van der Waals surface area contributed by atoms with E-state index in [9.17, 15) is 0 Å². The lowest BCUT2D eigenvalue weighted by Gasteiger charge is -2.19. The van der Waals surface area contributed by atoms with Gasteiger partial charge < -0.3 is 0 Å². The number of hydrogen-bond donors (Lipinski definition) is 0. The average molecular weight is 803 g/mol. The van der Waals surface area contributed by atoms with Crippen LogP contribution in [-0.2, 0) is 0 Å². The normalized spacial score (nSPS) is 12.7. The van der Waals surface area contributed by atoms with Crippen molar-refractivity contribution in [3.63, 3.8) is 0 Å². The Balaban J connectivity index is 1.16. The van der Waals surface area contributed by atoms with Crippen molar-refractivity contribution >= 4 is 108 Å².